The highest BCUT2D eigenvalue weighted by molar-refractivity contribution is 8.57. The Kier molecular flexibility index (Phi) is 5.80. The van der Waals surface area contributed by atoms with Gasteiger partial charge in [0.15, 0.2) is 0 Å². The molecule has 0 aromatic carbocycles. The molecule has 0 saturated heterocycles. The molecule has 0 aliphatic rings. The third-order valence-electron chi connectivity index (χ3n) is 2.07. The zero-order valence-electron chi connectivity index (χ0n) is 8.78. The van der Waals surface area contributed by atoms with Crippen molar-refractivity contribution in [2.45, 2.75) is 13.3 Å². The molecule has 0 aromatic rings. The third-order valence-corrected chi connectivity index (χ3v) is 7.90. The topological polar surface area (TPSA) is 20.3 Å². The van der Waals surface area contributed by atoms with Gasteiger partial charge in [0.2, 0.25) is 6.49 Å². The van der Waals surface area contributed by atoms with Gasteiger partial charge in [-0.25, -0.2) is 0 Å². The van der Waals surface area contributed by atoms with E-state index in [2.05, 4.69) is 5.92 Å². The first-order chi connectivity index (χ1) is 6.00. The number of hydrogen-bond donors (Lipinski definition) is 0. The Morgan fingerprint density at radius 2 is 2.15 bits per heavy atom. The maximum Gasteiger partial charge on any atom is 0.203 e. The molecule has 0 aliphatic carbocycles. The van der Waals surface area contributed by atoms with Gasteiger partial charge in [-0.2, -0.15) is 0 Å². The minimum Gasteiger partial charge on any atom is -0.295 e. The zero-order valence-corrected chi connectivity index (χ0v) is 10.5. The van der Waals surface area contributed by atoms with E-state index in [1.807, 2.05) is 27.3 Å². The summed E-state index contributed by atoms with van der Waals surface area (Å²) in [6.45, 7) is -0.221. The van der Waals surface area contributed by atoms with Gasteiger partial charge < -0.3 is 0 Å². The molecule has 0 fully saturated rings. The number of nitrogens with zero attached hydrogens (tertiary/aromatic N) is 1. The van der Waals surface area contributed by atoms with Gasteiger partial charge in [-0.3, -0.25) is 9.24 Å². The molecule has 4 heteroatoms. The van der Waals surface area contributed by atoms with E-state index in [9.17, 15) is 4.57 Å². The molecule has 0 N–H and O–H groups in total. The summed E-state index contributed by atoms with van der Waals surface area (Å²) in [5.41, 5.74) is 0. The minimum atomic E-state index is -2.25. The maximum absolute atomic E-state index is 12.2. The molecule has 0 aliphatic heterocycles. The fraction of sp³-hybridized carbons (Fsp3) is 0.778. The van der Waals surface area contributed by atoms with E-state index in [0.29, 0.717) is 6.16 Å². The van der Waals surface area contributed by atoms with Crippen LogP contribution >= 0.6 is 17.9 Å². The largest absolute Gasteiger partial charge is 0.295 e. The smallest absolute Gasteiger partial charge is 0.203 e. The Bertz CT molecular complexity index is 234. The highest BCUT2D eigenvalue weighted by Crippen LogP contribution is 2.59. The summed E-state index contributed by atoms with van der Waals surface area (Å²) in [7, 11) is 3.70. The second-order valence-corrected chi connectivity index (χ2v) is 8.73. The normalized spacial score (nSPS) is 17.8. The van der Waals surface area contributed by atoms with Crippen molar-refractivity contribution in [3.8, 4) is 12.3 Å². The van der Waals surface area contributed by atoms with E-state index in [1.165, 1.54) is 11.4 Å². The standard InChI is InChI=1S/C9H18NOPS/c1-6-9(7-2)8-12(11,13-5)10(3)4/h1,9H,7-8H2,2-5H3. The van der Waals surface area contributed by atoms with Gasteiger partial charge in [0, 0.05) is 12.1 Å². The van der Waals surface area contributed by atoms with Crippen LogP contribution in [-0.4, -0.2) is 31.2 Å². The van der Waals surface area contributed by atoms with E-state index in [4.69, 9.17) is 6.42 Å². The highest BCUT2D eigenvalue weighted by Gasteiger charge is 2.26. The van der Waals surface area contributed by atoms with Crippen molar-refractivity contribution in [2.24, 2.45) is 5.92 Å². The van der Waals surface area contributed by atoms with Crippen molar-refractivity contribution < 1.29 is 4.57 Å². The Labute approximate surface area is 85.6 Å². The van der Waals surface area contributed by atoms with Crippen LogP contribution in [0.2, 0.25) is 0 Å². The Morgan fingerprint density at radius 1 is 1.62 bits per heavy atom. The van der Waals surface area contributed by atoms with Crippen LogP contribution in [-0.2, 0) is 4.57 Å². The predicted molar refractivity (Wildman–Crippen MR) is 62.3 cm³/mol. The van der Waals surface area contributed by atoms with Gasteiger partial charge in [-0.15, -0.1) is 12.3 Å². The average molecular weight is 219 g/mol. The van der Waals surface area contributed by atoms with Crippen LogP contribution in [0.4, 0.5) is 0 Å². The van der Waals surface area contributed by atoms with Crippen LogP contribution in [0.15, 0.2) is 0 Å². The fourth-order valence-electron chi connectivity index (χ4n) is 0.979. The Morgan fingerprint density at radius 3 is 2.38 bits per heavy atom. The van der Waals surface area contributed by atoms with Crippen molar-refractivity contribution in [1.82, 2.24) is 4.67 Å². The Hall–Kier alpha value is 0.1000. The van der Waals surface area contributed by atoms with Gasteiger partial charge in [0.05, 0.1) is 0 Å². The van der Waals surface area contributed by atoms with E-state index in [-0.39, 0.29) is 5.92 Å². The molecule has 0 rings (SSSR count). The fourth-order valence-corrected chi connectivity index (χ4v) is 4.67. The summed E-state index contributed by atoms with van der Waals surface area (Å²) in [5, 5.41) is 0. The lowest BCUT2D eigenvalue weighted by Gasteiger charge is -2.24. The lowest BCUT2D eigenvalue weighted by atomic mass is 10.1. The predicted octanol–water partition coefficient (Wildman–Crippen LogP) is 2.76. The summed E-state index contributed by atoms with van der Waals surface area (Å²) in [6, 6.07) is 0. The molecule has 76 valence electrons. The van der Waals surface area contributed by atoms with Gasteiger partial charge in [-0.05, 0) is 26.8 Å². The van der Waals surface area contributed by atoms with E-state index < -0.39 is 6.49 Å². The number of terminal acetylenes is 1. The summed E-state index contributed by atoms with van der Waals surface area (Å²) >= 11 is 1.43. The number of hydrogen-bond acceptors (Lipinski definition) is 2. The van der Waals surface area contributed by atoms with Crippen molar-refractivity contribution >= 4 is 17.9 Å². The van der Waals surface area contributed by atoms with Crippen LogP contribution in [0.25, 0.3) is 0 Å². The van der Waals surface area contributed by atoms with Crippen LogP contribution in [0, 0.1) is 18.3 Å². The molecule has 0 heterocycles. The first kappa shape index (κ1) is 13.1. The molecule has 13 heavy (non-hydrogen) atoms. The van der Waals surface area contributed by atoms with Crippen LogP contribution in [0.1, 0.15) is 13.3 Å². The highest BCUT2D eigenvalue weighted by atomic mass is 32.7. The van der Waals surface area contributed by atoms with Gasteiger partial charge in [-0.1, -0.05) is 18.3 Å². The second-order valence-electron chi connectivity index (χ2n) is 3.12. The monoisotopic (exact) mass is 219 g/mol. The molecular formula is C9H18NOPS. The van der Waals surface area contributed by atoms with E-state index in [1.54, 1.807) is 4.67 Å². The summed E-state index contributed by atoms with van der Waals surface area (Å²) in [6.07, 6.45) is 8.74. The van der Waals surface area contributed by atoms with Crippen molar-refractivity contribution in [3.63, 3.8) is 0 Å². The van der Waals surface area contributed by atoms with Crippen LogP contribution < -0.4 is 0 Å². The van der Waals surface area contributed by atoms with Crippen molar-refractivity contribution in [2.75, 3.05) is 26.5 Å². The molecule has 2 unspecified atom stereocenters. The summed E-state index contributed by atoms with van der Waals surface area (Å²) < 4.78 is 14.0. The lowest BCUT2D eigenvalue weighted by Crippen LogP contribution is -2.13. The van der Waals surface area contributed by atoms with E-state index in [0.717, 1.165) is 6.42 Å². The zero-order chi connectivity index (χ0) is 10.5. The molecule has 0 radical (unpaired) electrons. The molecule has 0 amide bonds. The van der Waals surface area contributed by atoms with Crippen molar-refractivity contribution in [3.05, 3.63) is 0 Å². The molecule has 0 spiro atoms. The average Bonchev–Trinajstić information content (AvgIpc) is 2.13. The first-order valence-corrected chi connectivity index (χ1v) is 7.96. The van der Waals surface area contributed by atoms with Crippen molar-refractivity contribution in [1.29, 1.82) is 0 Å². The van der Waals surface area contributed by atoms with Gasteiger partial charge in [0.25, 0.3) is 0 Å². The molecule has 2 atom stereocenters. The summed E-state index contributed by atoms with van der Waals surface area (Å²) in [4.78, 5) is 0. The maximum atomic E-state index is 12.2. The quantitative estimate of drug-likeness (QED) is 0.524. The molecular weight excluding hydrogens is 201 g/mol. The molecule has 0 aromatic heterocycles. The van der Waals surface area contributed by atoms with E-state index >= 15 is 0 Å². The van der Waals surface area contributed by atoms with Crippen LogP contribution in [0.3, 0.4) is 0 Å². The first-order valence-electron chi connectivity index (χ1n) is 4.29. The third kappa shape index (κ3) is 3.77. The minimum absolute atomic E-state index is 0.140. The SMILES string of the molecule is C#CC(CC)CP(=O)(SC)N(C)C. The van der Waals surface area contributed by atoms with Gasteiger partial charge in [0.1, 0.15) is 0 Å². The summed E-state index contributed by atoms with van der Waals surface area (Å²) in [5.74, 6) is 2.82. The molecule has 0 saturated carbocycles. The number of rotatable bonds is 5. The second kappa shape index (κ2) is 5.75. The molecule has 2 nitrogen and oxygen atoms in total. The Balaban J connectivity index is 4.46. The van der Waals surface area contributed by atoms with Gasteiger partial charge >= 0.3 is 0 Å². The van der Waals surface area contributed by atoms with Crippen LogP contribution in [0.5, 0.6) is 0 Å². The lowest BCUT2D eigenvalue weighted by molar-refractivity contribution is 0.521. The molecule has 0 bridgehead atoms.